The number of aromatic nitrogens is 4. The van der Waals surface area contributed by atoms with Gasteiger partial charge >= 0.3 is 0 Å². The Balaban J connectivity index is 0.00000272. The molecule has 0 aliphatic heterocycles. The van der Waals surface area contributed by atoms with Crippen LogP contribution in [0.2, 0.25) is 0 Å². The molecular formula is C23H28IN7. The van der Waals surface area contributed by atoms with Gasteiger partial charge in [-0.05, 0) is 41.7 Å². The van der Waals surface area contributed by atoms with Crippen molar-refractivity contribution < 1.29 is 0 Å². The largest absolute Gasteiger partial charge is 0.361 e. The number of aromatic amines is 1. The highest BCUT2D eigenvalue weighted by Gasteiger charge is 2.05. The molecule has 0 fully saturated rings. The minimum Gasteiger partial charge on any atom is -0.361 e. The second-order valence-corrected chi connectivity index (χ2v) is 7.38. The number of nitrogens with zero attached hydrogens (tertiary/aromatic N) is 4. The van der Waals surface area contributed by atoms with Crippen LogP contribution >= 0.6 is 24.0 Å². The van der Waals surface area contributed by atoms with Gasteiger partial charge in [-0.2, -0.15) is 5.10 Å². The van der Waals surface area contributed by atoms with E-state index < -0.39 is 0 Å². The minimum absolute atomic E-state index is 0. The third-order valence-corrected chi connectivity index (χ3v) is 5.10. The summed E-state index contributed by atoms with van der Waals surface area (Å²) in [7, 11) is 1.80. The molecule has 2 heterocycles. The van der Waals surface area contributed by atoms with Crippen LogP contribution in [-0.2, 0) is 19.5 Å². The van der Waals surface area contributed by atoms with Crippen LogP contribution in [0.1, 0.15) is 22.3 Å². The van der Waals surface area contributed by atoms with E-state index in [0.29, 0.717) is 13.1 Å². The van der Waals surface area contributed by atoms with Gasteiger partial charge in [-0.3, -0.25) is 4.99 Å². The van der Waals surface area contributed by atoms with Gasteiger partial charge in [-0.25, -0.2) is 9.67 Å². The molecular weight excluding hydrogens is 501 g/mol. The molecule has 0 saturated carbocycles. The van der Waals surface area contributed by atoms with Crippen molar-refractivity contribution in [2.75, 3.05) is 13.6 Å². The van der Waals surface area contributed by atoms with E-state index in [1.54, 1.807) is 19.7 Å². The monoisotopic (exact) mass is 529 g/mol. The Morgan fingerprint density at radius 2 is 2.00 bits per heavy atom. The highest BCUT2D eigenvalue weighted by Crippen LogP contribution is 2.19. The number of halogens is 1. The summed E-state index contributed by atoms with van der Waals surface area (Å²) in [6, 6.07) is 15.0. The number of fused-ring (bicyclic) bond motifs is 1. The highest BCUT2D eigenvalue weighted by atomic mass is 127. The van der Waals surface area contributed by atoms with Crippen LogP contribution in [0.25, 0.3) is 10.9 Å². The molecule has 0 saturated heterocycles. The van der Waals surface area contributed by atoms with Crippen molar-refractivity contribution >= 4 is 40.8 Å². The zero-order valence-corrected chi connectivity index (χ0v) is 20.1. The molecule has 4 aromatic rings. The highest BCUT2D eigenvalue weighted by molar-refractivity contribution is 14.0. The average molecular weight is 529 g/mol. The number of nitrogens with one attached hydrogen (secondary N) is 3. The average Bonchev–Trinajstić information content (AvgIpc) is 3.40. The van der Waals surface area contributed by atoms with Crippen LogP contribution in [0.5, 0.6) is 0 Å². The number of rotatable bonds is 7. The molecule has 3 N–H and O–H groups in total. The molecule has 0 atom stereocenters. The molecule has 0 aliphatic carbocycles. The van der Waals surface area contributed by atoms with Crippen LogP contribution in [0, 0.1) is 6.92 Å². The molecule has 4 rings (SSSR count). The molecule has 0 aliphatic rings. The van der Waals surface area contributed by atoms with Crippen molar-refractivity contribution in [1.29, 1.82) is 0 Å². The van der Waals surface area contributed by atoms with Gasteiger partial charge in [0, 0.05) is 37.2 Å². The van der Waals surface area contributed by atoms with Crippen molar-refractivity contribution in [2.24, 2.45) is 4.99 Å². The second-order valence-electron chi connectivity index (χ2n) is 7.38. The van der Waals surface area contributed by atoms with Gasteiger partial charge in [0.2, 0.25) is 0 Å². The molecule has 0 amide bonds. The first-order valence-electron chi connectivity index (χ1n) is 10.1. The summed E-state index contributed by atoms with van der Waals surface area (Å²) < 4.78 is 1.82. The van der Waals surface area contributed by atoms with Crippen molar-refractivity contribution in [2.45, 2.75) is 26.4 Å². The Bertz CT molecular complexity index is 1130. The molecule has 31 heavy (non-hydrogen) atoms. The quantitative estimate of drug-likeness (QED) is 0.194. The number of guanidine groups is 1. The van der Waals surface area contributed by atoms with Gasteiger partial charge in [-0.15, -0.1) is 24.0 Å². The topological polar surface area (TPSA) is 82.9 Å². The van der Waals surface area contributed by atoms with Crippen LogP contribution in [0.4, 0.5) is 0 Å². The van der Waals surface area contributed by atoms with E-state index in [1.165, 1.54) is 33.2 Å². The van der Waals surface area contributed by atoms with Crippen molar-refractivity contribution in [3.8, 4) is 0 Å². The lowest BCUT2D eigenvalue weighted by Crippen LogP contribution is -2.37. The minimum atomic E-state index is 0. The lowest BCUT2D eigenvalue weighted by molar-refractivity contribution is 0.683. The number of benzene rings is 2. The van der Waals surface area contributed by atoms with E-state index in [-0.39, 0.29) is 24.0 Å². The summed E-state index contributed by atoms with van der Waals surface area (Å²) in [6.45, 7) is 4.34. The maximum Gasteiger partial charge on any atom is 0.191 e. The third kappa shape index (κ3) is 6.06. The van der Waals surface area contributed by atoms with Crippen LogP contribution in [0.15, 0.2) is 66.3 Å². The number of aliphatic imine (C=N–C) groups is 1. The van der Waals surface area contributed by atoms with E-state index in [1.807, 2.05) is 4.68 Å². The fourth-order valence-corrected chi connectivity index (χ4v) is 3.57. The van der Waals surface area contributed by atoms with Gasteiger partial charge in [0.15, 0.2) is 5.96 Å². The Labute approximate surface area is 199 Å². The van der Waals surface area contributed by atoms with Gasteiger partial charge < -0.3 is 15.6 Å². The zero-order chi connectivity index (χ0) is 20.8. The number of hydrogen-bond acceptors (Lipinski definition) is 3. The SMILES string of the molecule is CN=C(NCCc1c[nH]c2cc(C)ccc12)NCc1cccc(Cn2cncn2)c1.I. The van der Waals surface area contributed by atoms with Gasteiger partial charge in [0.05, 0.1) is 6.54 Å². The van der Waals surface area contributed by atoms with E-state index in [9.17, 15) is 0 Å². The lowest BCUT2D eigenvalue weighted by atomic mass is 10.1. The van der Waals surface area contributed by atoms with Crippen LogP contribution in [-0.4, -0.2) is 39.3 Å². The normalized spacial score (nSPS) is 11.4. The van der Waals surface area contributed by atoms with E-state index >= 15 is 0 Å². The molecule has 2 aromatic carbocycles. The predicted octanol–water partition coefficient (Wildman–Crippen LogP) is 3.64. The zero-order valence-electron chi connectivity index (χ0n) is 17.8. The Hall–Kier alpha value is -2.88. The van der Waals surface area contributed by atoms with E-state index in [2.05, 4.69) is 86.3 Å². The van der Waals surface area contributed by atoms with Crippen molar-refractivity contribution in [3.63, 3.8) is 0 Å². The first-order valence-corrected chi connectivity index (χ1v) is 10.1. The summed E-state index contributed by atoms with van der Waals surface area (Å²) in [5, 5.41) is 12.3. The van der Waals surface area contributed by atoms with Gasteiger partial charge in [-0.1, -0.05) is 36.4 Å². The summed E-state index contributed by atoms with van der Waals surface area (Å²) in [5.41, 5.74) is 6.16. The Morgan fingerprint density at radius 1 is 1.13 bits per heavy atom. The maximum absolute atomic E-state index is 4.34. The smallest absolute Gasteiger partial charge is 0.191 e. The standard InChI is InChI=1S/C23H27N7.HI/c1-17-6-7-21-20(13-27-22(21)10-17)8-9-26-23(24-2)28-12-18-4-3-5-19(11-18)14-30-16-25-15-29-30;/h3-7,10-11,13,15-16,27H,8-9,12,14H2,1-2H3,(H2,24,26,28);1H. The lowest BCUT2D eigenvalue weighted by Gasteiger charge is -2.12. The van der Waals surface area contributed by atoms with Crippen molar-refractivity contribution in [3.05, 3.63) is 83.6 Å². The summed E-state index contributed by atoms with van der Waals surface area (Å²) in [6.07, 6.45) is 6.31. The molecule has 0 spiro atoms. The predicted molar refractivity (Wildman–Crippen MR) is 136 cm³/mol. The maximum atomic E-state index is 4.34. The van der Waals surface area contributed by atoms with Crippen LogP contribution in [0.3, 0.4) is 0 Å². The fraction of sp³-hybridized carbons (Fsp3) is 0.261. The number of hydrogen-bond donors (Lipinski definition) is 3. The van der Waals surface area contributed by atoms with Gasteiger partial charge in [0.1, 0.15) is 12.7 Å². The third-order valence-electron chi connectivity index (χ3n) is 5.10. The van der Waals surface area contributed by atoms with Crippen LogP contribution < -0.4 is 10.6 Å². The molecule has 2 aromatic heterocycles. The molecule has 8 heteroatoms. The first-order chi connectivity index (χ1) is 14.7. The summed E-state index contributed by atoms with van der Waals surface area (Å²) >= 11 is 0. The Morgan fingerprint density at radius 3 is 2.81 bits per heavy atom. The first kappa shape index (κ1) is 22.8. The Kier molecular flexibility index (Phi) is 8.05. The molecule has 0 bridgehead atoms. The fourth-order valence-electron chi connectivity index (χ4n) is 3.57. The molecule has 7 nitrogen and oxygen atoms in total. The molecule has 0 unspecified atom stereocenters. The number of H-pyrrole nitrogens is 1. The van der Waals surface area contributed by atoms with E-state index in [0.717, 1.165) is 18.9 Å². The summed E-state index contributed by atoms with van der Waals surface area (Å²) in [4.78, 5) is 11.7. The molecule has 162 valence electrons. The number of aryl methyl sites for hydroxylation is 1. The van der Waals surface area contributed by atoms with Crippen molar-refractivity contribution in [1.82, 2.24) is 30.4 Å². The van der Waals surface area contributed by atoms with Gasteiger partial charge in [0.25, 0.3) is 0 Å². The van der Waals surface area contributed by atoms with E-state index in [4.69, 9.17) is 0 Å². The summed E-state index contributed by atoms with van der Waals surface area (Å²) in [5.74, 6) is 0.798. The second kappa shape index (κ2) is 10.9. The molecule has 0 radical (unpaired) electrons.